The molecule has 162 valence electrons. The van der Waals surface area contributed by atoms with E-state index in [1.165, 1.54) is 10.7 Å². The summed E-state index contributed by atoms with van der Waals surface area (Å²) in [6, 6.07) is 25.2. The number of sulfonamides is 1. The van der Waals surface area contributed by atoms with Crippen molar-refractivity contribution < 1.29 is 13.2 Å². The zero-order valence-electron chi connectivity index (χ0n) is 17.5. The van der Waals surface area contributed by atoms with Gasteiger partial charge in [-0.05, 0) is 42.0 Å². The minimum Gasteiger partial charge on any atom is -0.457 e. The first-order chi connectivity index (χ1) is 15.3. The van der Waals surface area contributed by atoms with E-state index in [-0.39, 0.29) is 5.56 Å². The first-order valence-electron chi connectivity index (χ1n) is 9.79. The Labute approximate surface area is 186 Å². The molecule has 0 aliphatic heterocycles. The Morgan fingerprint density at radius 2 is 1.53 bits per heavy atom. The summed E-state index contributed by atoms with van der Waals surface area (Å²) in [5.41, 5.74) is 2.80. The molecule has 0 unspecified atom stereocenters. The number of aromatic nitrogens is 2. The van der Waals surface area contributed by atoms with Crippen LogP contribution in [0.2, 0.25) is 0 Å². The standard InChI is InChI=1S/C24H21N3O4S/c1-27-23(28)16-21(17-12-14-18(15-13-17)26-32(2,29)30)24(25-27)20-10-6-7-11-22(20)31-19-8-4-3-5-9-19/h3-16,26H,1-2H3. The smallest absolute Gasteiger partial charge is 0.267 e. The lowest BCUT2D eigenvalue weighted by atomic mass is 9.99. The lowest BCUT2D eigenvalue weighted by Gasteiger charge is -2.15. The van der Waals surface area contributed by atoms with E-state index in [9.17, 15) is 13.2 Å². The topological polar surface area (TPSA) is 90.3 Å². The maximum absolute atomic E-state index is 12.4. The van der Waals surface area contributed by atoms with Crippen LogP contribution in [0.15, 0.2) is 89.7 Å². The van der Waals surface area contributed by atoms with E-state index < -0.39 is 10.0 Å². The zero-order valence-corrected chi connectivity index (χ0v) is 18.3. The largest absolute Gasteiger partial charge is 0.457 e. The van der Waals surface area contributed by atoms with Crippen LogP contribution in [0, 0.1) is 0 Å². The van der Waals surface area contributed by atoms with E-state index in [2.05, 4.69) is 9.82 Å². The van der Waals surface area contributed by atoms with E-state index >= 15 is 0 Å². The third-order valence-electron chi connectivity index (χ3n) is 4.70. The second kappa shape index (κ2) is 8.68. The van der Waals surface area contributed by atoms with Crippen LogP contribution in [-0.4, -0.2) is 24.5 Å². The Morgan fingerprint density at radius 1 is 0.875 bits per heavy atom. The van der Waals surface area contributed by atoms with Crippen molar-refractivity contribution in [2.45, 2.75) is 0 Å². The SMILES string of the molecule is Cn1nc(-c2ccccc2Oc2ccccc2)c(-c2ccc(NS(C)(=O)=O)cc2)cc1=O. The van der Waals surface area contributed by atoms with Crippen molar-refractivity contribution in [3.05, 3.63) is 95.3 Å². The molecule has 1 aromatic heterocycles. The summed E-state index contributed by atoms with van der Waals surface area (Å²) in [6.45, 7) is 0. The average Bonchev–Trinajstić information content (AvgIpc) is 2.76. The molecule has 0 fully saturated rings. The van der Waals surface area contributed by atoms with Crippen LogP contribution in [-0.2, 0) is 17.1 Å². The predicted molar refractivity (Wildman–Crippen MR) is 125 cm³/mol. The fourth-order valence-corrected chi connectivity index (χ4v) is 3.82. The molecule has 1 N–H and O–H groups in total. The summed E-state index contributed by atoms with van der Waals surface area (Å²) < 4.78 is 32.8. The summed E-state index contributed by atoms with van der Waals surface area (Å²) in [7, 11) is -1.79. The van der Waals surface area contributed by atoms with E-state index in [1.54, 1.807) is 31.3 Å². The molecule has 32 heavy (non-hydrogen) atoms. The maximum Gasteiger partial charge on any atom is 0.267 e. The maximum atomic E-state index is 12.4. The molecule has 1 heterocycles. The normalized spacial score (nSPS) is 11.2. The molecule has 3 aromatic carbocycles. The van der Waals surface area contributed by atoms with Crippen molar-refractivity contribution >= 4 is 15.7 Å². The molecular weight excluding hydrogens is 426 g/mol. The molecule has 0 amide bonds. The number of rotatable bonds is 6. The molecule has 0 aliphatic rings. The lowest BCUT2D eigenvalue weighted by molar-refractivity contribution is 0.484. The number of benzene rings is 3. The summed E-state index contributed by atoms with van der Waals surface area (Å²) >= 11 is 0. The molecule has 4 aromatic rings. The molecule has 7 nitrogen and oxygen atoms in total. The number of hydrogen-bond acceptors (Lipinski definition) is 5. The van der Waals surface area contributed by atoms with Crippen LogP contribution >= 0.6 is 0 Å². The van der Waals surface area contributed by atoms with Gasteiger partial charge in [0.1, 0.15) is 17.2 Å². The van der Waals surface area contributed by atoms with Gasteiger partial charge < -0.3 is 4.74 Å². The number of nitrogens with one attached hydrogen (secondary N) is 1. The van der Waals surface area contributed by atoms with Gasteiger partial charge in [0.05, 0.1) is 6.26 Å². The van der Waals surface area contributed by atoms with Crippen molar-refractivity contribution in [1.82, 2.24) is 9.78 Å². The highest BCUT2D eigenvalue weighted by Gasteiger charge is 2.16. The molecule has 0 saturated heterocycles. The molecule has 4 rings (SSSR count). The first kappa shape index (κ1) is 21.3. The molecular formula is C24H21N3O4S. The second-order valence-electron chi connectivity index (χ2n) is 7.23. The molecule has 0 bridgehead atoms. The van der Waals surface area contributed by atoms with Crippen LogP contribution in [0.1, 0.15) is 0 Å². The summed E-state index contributed by atoms with van der Waals surface area (Å²) in [4.78, 5) is 12.4. The quantitative estimate of drug-likeness (QED) is 0.477. The highest BCUT2D eigenvalue weighted by molar-refractivity contribution is 7.92. The number of nitrogens with zero attached hydrogens (tertiary/aromatic N) is 2. The van der Waals surface area contributed by atoms with Gasteiger partial charge in [-0.2, -0.15) is 5.10 Å². The third kappa shape index (κ3) is 4.87. The minimum absolute atomic E-state index is 0.261. The molecule has 0 radical (unpaired) electrons. The molecule has 0 atom stereocenters. The van der Waals surface area contributed by atoms with Gasteiger partial charge in [-0.15, -0.1) is 0 Å². The van der Waals surface area contributed by atoms with Gasteiger partial charge in [0, 0.05) is 29.9 Å². The molecule has 8 heteroatoms. The molecule has 0 aliphatic carbocycles. The number of ether oxygens (including phenoxy) is 1. The summed E-state index contributed by atoms with van der Waals surface area (Å²) in [5, 5.41) is 4.52. The van der Waals surface area contributed by atoms with Crippen LogP contribution in [0.5, 0.6) is 11.5 Å². The number of hydrogen-bond donors (Lipinski definition) is 1. The fourth-order valence-electron chi connectivity index (χ4n) is 3.26. The van der Waals surface area contributed by atoms with Crippen molar-refractivity contribution in [2.75, 3.05) is 11.0 Å². The predicted octanol–water partition coefficient (Wildman–Crippen LogP) is 4.28. The van der Waals surface area contributed by atoms with Gasteiger partial charge in [0.15, 0.2) is 0 Å². The highest BCUT2D eigenvalue weighted by Crippen LogP contribution is 2.37. The van der Waals surface area contributed by atoms with Gasteiger partial charge in [-0.3, -0.25) is 9.52 Å². The van der Waals surface area contributed by atoms with Crippen molar-refractivity contribution in [2.24, 2.45) is 7.05 Å². The monoisotopic (exact) mass is 447 g/mol. The Kier molecular flexibility index (Phi) is 5.79. The number of para-hydroxylation sites is 2. The summed E-state index contributed by atoms with van der Waals surface area (Å²) in [5.74, 6) is 1.28. The van der Waals surface area contributed by atoms with Crippen LogP contribution in [0.3, 0.4) is 0 Å². The lowest BCUT2D eigenvalue weighted by Crippen LogP contribution is -2.19. The van der Waals surface area contributed by atoms with Crippen molar-refractivity contribution in [3.8, 4) is 33.9 Å². The minimum atomic E-state index is -3.39. The Bertz CT molecular complexity index is 1410. The second-order valence-corrected chi connectivity index (χ2v) is 8.98. The Balaban J connectivity index is 1.82. The first-order valence-corrected chi connectivity index (χ1v) is 11.7. The van der Waals surface area contributed by atoms with Crippen LogP contribution < -0.4 is 15.0 Å². The van der Waals surface area contributed by atoms with E-state index in [0.717, 1.165) is 17.4 Å². The van der Waals surface area contributed by atoms with Crippen LogP contribution in [0.4, 0.5) is 5.69 Å². The fraction of sp³-hybridized carbons (Fsp3) is 0.0833. The van der Waals surface area contributed by atoms with Crippen molar-refractivity contribution in [3.63, 3.8) is 0 Å². The highest BCUT2D eigenvalue weighted by atomic mass is 32.2. The van der Waals surface area contributed by atoms with Gasteiger partial charge >= 0.3 is 0 Å². The van der Waals surface area contributed by atoms with Crippen LogP contribution in [0.25, 0.3) is 22.4 Å². The van der Waals surface area contributed by atoms with Gasteiger partial charge in [0.25, 0.3) is 5.56 Å². The molecule has 0 spiro atoms. The van der Waals surface area contributed by atoms with Gasteiger partial charge in [0.2, 0.25) is 10.0 Å². The van der Waals surface area contributed by atoms with E-state index in [4.69, 9.17) is 4.74 Å². The number of aryl methyl sites for hydroxylation is 1. The average molecular weight is 448 g/mol. The van der Waals surface area contributed by atoms with Gasteiger partial charge in [-0.25, -0.2) is 13.1 Å². The molecule has 0 saturated carbocycles. The zero-order chi connectivity index (χ0) is 22.7. The third-order valence-corrected chi connectivity index (χ3v) is 5.31. The Morgan fingerprint density at radius 3 is 2.22 bits per heavy atom. The Hall–Kier alpha value is -3.91. The van der Waals surface area contributed by atoms with Crippen molar-refractivity contribution in [1.29, 1.82) is 0 Å². The summed E-state index contributed by atoms with van der Waals surface area (Å²) in [6.07, 6.45) is 1.09. The van der Waals surface area contributed by atoms with Gasteiger partial charge in [-0.1, -0.05) is 42.5 Å². The number of anilines is 1. The van der Waals surface area contributed by atoms with E-state index in [1.807, 2.05) is 54.6 Å². The van der Waals surface area contributed by atoms with E-state index in [0.29, 0.717) is 28.4 Å².